The number of anilines is 1. The summed E-state index contributed by atoms with van der Waals surface area (Å²) in [5.74, 6) is 0.000428. The average molecular weight is 484 g/mol. The molecule has 1 saturated carbocycles. The number of imidazole rings is 1. The number of carbonyl (C=O) groups is 1. The minimum Gasteiger partial charge on any atom is -0.382 e. The van der Waals surface area contributed by atoms with Crippen LogP contribution in [0, 0.1) is 0 Å². The number of aromatic nitrogens is 3. The van der Waals surface area contributed by atoms with Crippen molar-refractivity contribution in [3.05, 3.63) is 39.8 Å². The molecule has 1 amide bonds. The monoisotopic (exact) mass is 483 g/mol. The van der Waals surface area contributed by atoms with Gasteiger partial charge >= 0.3 is 6.18 Å². The van der Waals surface area contributed by atoms with E-state index in [1.807, 2.05) is 13.0 Å². The maximum atomic E-state index is 12.5. The van der Waals surface area contributed by atoms with Crippen LogP contribution in [0.3, 0.4) is 0 Å². The molecule has 0 spiro atoms. The first-order chi connectivity index (χ1) is 14.2. The zero-order valence-corrected chi connectivity index (χ0v) is 17.9. The van der Waals surface area contributed by atoms with E-state index in [0.29, 0.717) is 34.8 Å². The van der Waals surface area contributed by atoms with Crippen molar-refractivity contribution in [1.29, 1.82) is 0 Å². The fourth-order valence-corrected chi connectivity index (χ4v) is 3.89. The predicted molar refractivity (Wildman–Crippen MR) is 111 cm³/mol. The molecule has 2 aromatic heterocycles. The molecule has 160 valence electrons. The van der Waals surface area contributed by atoms with Gasteiger partial charge in [0.1, 0.15) is 4.60 Å². The van der Waals surface area contributed by atoms with Crippen molar-refractivity contribution < 1.29 is 18.0 Å². The van der Waals surface area contributed by atoms with Crippen LogP contribution in [0.2, 0.25) is 0 Å². The Labute approximate surface area is 179 Å². The van der Waals surface area contributed by atoms with Crippen LogP contribution in [-0.4, -0.2) is 39.3 Å². The van der Waals surface area contributed by atoms with Gasteiger partial charge in [-0.25, -0.2) is 9.50 Å². The molecule has 0 unspecified atom stereocenters. The Morgan fingerprint density at radius 3 is 2.77 bits per heavy atom. The Hall–Kier alpha value is -2.36. The number of halogens is 4. The van der Waals surface area contributed by atoms with E-state index in [2.05, 4.69) is 36.6 Å². The first kappa shape index (κ1) is 20.9. The van der Waals surface area contributed by atoms with Gasteiger partial charge in [0.25, 0.3) is 0 Å². The molecule has 2 aliphatic rings. The van der Waals surface area contributed by atoms with Crippen LogP contribution in [0.1, 0.15) is 44.7 Å². The minimum atomic E-state index is -4.23. The fourth-order valence-electron chi connectivity index (χ4n) is 3.50. The van der Waals surface area contributed by atoms with Crippen LogP contribution in [-0.2, 0) is 4.79 Å². The molecule has 0 aliphatic heterocycles. The maximum Gasteiger partial charge on any atom is 0.390 e. The molecule has 2 heterocycles. The van der Waals surface area contributed by atoms with Gasteiger partial charge in [0.05, 0.1) is 24.0 Å². The largest absolute Gasteiger partial charge is 0.390 e. The second-order valence-electron chi connectivity index (χ2n) is 7.63. The zero-order valence-electron chi connectivity index (χ0n) is 16.3. The molecule has 0 bridgehead atoms. The smallest absolute Gasteiger partial charge is 0.382 e. The Balaban J connectivity index is 1.60. The normalized spacial score (nSPS) is 17.3. The highest BCUT2D eigenvalue weighted by Gasteiger charge is 2.28. The number of carbonyl (C=O) groups excluding carboxylic acids is 1. The van der Waals surface area contributed by atoms with Gasteiger partial charge in [0, 0.05) is 18.2 Å². The highest BCUT2D eigenvalue weighted by molar-refractivity contribution is 9.10. The maximum absolute atomic E-state index is 12.5. The van der Waals surface area contributed by atoms with Gasteiger partial charge < -0.3 is 10.6 Å². The number of hydrogen-bond acceptors (Lipinski definition) is 4. The molecule has 0 saturated heterocycles. The van der Waals surface area contributed by atoms with Crippen molar-refractivity contribution in [3.8, 4) is 0 Å². The van der Waals surface area contributed by atoms with E-state index in [4.69, 9.17) is 0 Å². The van der Waals surface area contributed by atoms with Gasteiger partial charge in [0.15, 0.2) is 5.65 Å². The molecule has 6 nitrogen and oxygen atoms in total. The second-order valence-corrected chi connectivity index (χ2v) is 8.44. The number of nitrogens with zero attached hydrogens (tertiary/aromatic N) is 3. The van der Waals surface area contributed by atoms with Gasteiger partial charge in [-0.2, -0.15) is 18.3 Å². The number of alkyl halides is 3. The van der Waals surface area contributed by atoms with Gasteiger partial charge in [-0.15, -0.1) is 0 Å². The summed E-state index contributed by atoms with van der Waals surface area (Å²) in [7, 11) is 0. The number of nitrogens with one attached hydrogen (secondary N) is 2. The molecule has 2 aromatic rings. The third-order valence-corrected chi connectivity index (χ3v) is 5.58. The fraction of sp³-hybridized carbons (Fsp3) is 0.450. The van der Waals surface area contributed by atoms with Gasteiger partial charge in [0.2, 0.25) is 5.91 Å². The van der Waals surface area contributed by atoms with E-state index in [0.717, 1.165) is 35.3 Å². The topological polar surface area (TPSA) is 71.3 Å². The number of amides is 1. The van der Waals surface area contributed by atoms with Gasteiger partial charge in [-0.05, 0) is 65.7 Å². The number of rotatable bonds is 6. The second kappa shape index (κ2) is 8.05. The summed E-state index contributed by atoms with van der Waals surface area (Å²) in [5.41, 5.74) is 4.36. The first-order valence-corrected chi connectivity index (χ1v) is 10.6. The zero-order chi connectivity index (χ0) is 21.5. The lowest BCUT2D eigenvalue weighted by Gasteiger charge is -2.18. The molecule has 0 radical (unpaired) electrons. The number of hydrogen-bond donors (Lipinski definition) is 2. The first-order valence-electron chi connectivity index (χ1n) is 9.78. The van der Waals surface area contributed by atoms with Crippen molar-refractivity contribution in [2.75, 3.05) is 11.9 Å². The minimum absolute atomic E-state index is 0.000428. The summed E-state index contributed by atoms with van der Waals surface area (Å²) >= 11 is 3.32. The van der Waals surface area contributed by atoms with Crippen molar-refractivity contribution in [3.63, 3.8) is 0 Å². The third kappa shape index (κ3) is 4.69. The molecule has 10 heteroatoms. The predicted octanol–water partition coefficient (Wildman–Crippen LogP) is 4.63. The van der Waals surface area contributed by atoms with Crippen LogP contribution >= 0.6 is 15.9 Å². The van der Waals surface area contributed by atoms with E-state index in [1.54, 1.807) is 16.8 Å². The van der Waals surface area contributed by atoms with Gasteiger partial charge in [-0.3, -0.25) is 4.79 Å². The Bertz CT molecular complexity index is 1050. The molecule has 2 aliphatic carbocycles. The number of allylic oxidation sites excluding steroid dienone is 3. The molecule has 30 heavy (non-hydrogen) atoms. The van der Waals surface area contributed by atoms with Crippen LogP contribution in [0.15, 0.2) is 34.1 Å². The average Bonchev–Trinajstić information content (AvgIpc) is 3.36. The molecule has 4 rings (SSSR count). The van der Waals surface area contributed by atoms with Crippen molar-refractivity contribution >= 4 is 38.7 Å². The Morgan fingerprint density at radius 2 is 2.10 bits per heavy atom. The summed E-state index contributed by atoms with van der Waals surface area (Å²) in [6.07, 6.45) is 1.83. The highest BCUT2D eigenvalue weighted by atomic mass is 79.9. The van der Waals surface area contributed by atoms with Crippen LogP contribution < -0.4 is 10.6 Å². The van der Waals surface area contributed by atoms with Crippen LogP contribution in [0.5, 0.6) is 0 Å². The summed E-state index contributed by atoms with van der Waals surface area (Å²) < 4.78 is 39.5. The van der Waals surface area contributed by atoms with E-state index >= 15 is 0 Å². The SMILES string of the molecule is CC1=C(C(=O)NC2CC2)CCC(c2cnc3c(NCCC(F)(F)F)cc(Br)nn23)=C1. The highest BCUT2D eigenvalue weighted by Crippen LogP contribution is 2.33. The van der Waals surface area contributed by atoms with E-state index in [-0.39, 0.29) is 12.5 Å². The number of fused-ring (bicyclic) bond motifs is 1. The molecular formula is C20H21BrF3N5O. The Morgan fingerprint density at radius 1 is 1.33 bits per heavy atom. The van der Waals surface area contributed by atoms with Crippen LogP contribution in [0.4, 0.5) is 18.9 Å². The Kier molecular flexibility index (Phi) is 5.61. The van der Waals surface area contributed by atoms with Crippen LogP contribution in [0.25, 0.3) is 11.2 Å². The molecule has 2 N–H and O–H groups in total. The van der Waals surface area contributed by atoms with Crippen molar-refractivity contribution in [2.45, 2.75) is 51.2 Å². The molecule has 0 atom stereocenters. The summed E-state index contributed by atoms with van der Waals surface area (Å²) in [6, 6.07) is 1.93. The van der Waals surface area contributed by atoms with Crippen molar-refractivity contribution in [2.24, 2.45) is 0 Å². The molecule has 0 aromatic carbocycles. The summed E-state index contributed by atoms with van der Waals surface area (Å²) in [5, 5.41) is 10.3. The lowest BCUT2D eigenvalue weighted by molar-refractivity contribution is -0.131. The van der Waals surface area contributed by atoms with Gasteiger partial charge in [-0.1, -0.05) is 6.08 Å². The summed E-state index contributed by atoms with van der Waals surface area (Å²) in [6.45, 7) is 1.67. The lowest BCUT2D eigenvalue weighted by Crippen LogP contribution is -2.28. The quantitative estimate of drug-likeness (QED) is 0.628. The molecule has 1 fully saturated rings. The van der Waals surface area contributed by atoms with Crippen molar-refractivity contribution in [1.82, 2.24) is 19.9 Å². The standard InChI is InChI=1S/C20H21BrF3N5O/c1-11-8-12(2-5-14(11)19(30)27-13-3-4-13)16-10-26-18-15(9-17(21)28-29(16)18)25-7-6-20(22,23)24/h8-10,13,25H,2-7H2,1H3,(H,27,30). The van der Waals surface area contributed by atoms with E-state index < -0.39 is 12.6 Å². The summed E-state index contributed by atoms with van der Waals surface area (Å²) in [4.78, 5) is 16.8. The van der Waals surface area contributed by atoms with E-state index in [9.17, 15) is 18.0 Å². The van der Waals surface area contributed by atoms with E-state index in [1.165, 1.54) is 0 Å². The molecular weight excluding hydrogens is 463 g/mol. The lowest BCUT2D eigenvalue weighted by atomic mass is 9.91. The third-order valence-electron chi connectivity index (χ3n) is 5.19.